The number of hydrogen-bond donors (Lipinski definition) is 1. The molecule has 0 saturated heterocycles. The van der Waals surface area contributed by atoms with Crippen LogP contribution in [0.25, 0.3) is 0 Å². The van der Waals surface area contributed by atoms with Gasteiger partial charge in [0.15, 0.2) is 5.82 Å². The molecule has 4 rings (SSSR count). The van der Waals surface area contributed by atoms with Gasteiger partial charge in [-0.15, -0.1) is 0 Å². The fraction of sp³-hybridized carbons (Fsp3) is 0.167. The number of nitrogens with one attached hydrogen (secondary N) is 1. The second-order valence-electron chi connectivity index (χ2n) is 7.19. The van der Waals surface area contributed by atoms with Gasteiger partial charge < -0.3 is 14.8 Å². The number of hydrogen-bond acceptors (Lipinski definition) is 6. The minimum atomic E-state index is -0.394. The van der Waals surface area contributed by atoms with E-state index in [1.165, 1.54) is 12.0 Å². The highest BCUT2D eigenvalue weighted by molar-refractivity contribution is 6.32. The van der Waals surface area contributed by atoms with Crippen molar-refractivity contribution in [2.75, 3.05) is 31.0 Å². The second kappa shape index (κ2) is 9.70. The molecule has 1 N–H and O–H groups in total. The number of fused-ring (bicyclic) bond motifs is 1. The summed E-state index contributed by atoms with van der Waals surface area (Å²) in [5, 5.41) is 3.12. The molecule has 0 unspecified atom stereocenters. The first-order valence-electron chi connectivity index (χ1n) is 10.1. The molecule has 2 aromatic carbocycles. The third-order valence-electron chi connectivity index (χ3n) is 5.06. The lowest BCUT2D eigenvalue weighted by Crippen LogP contribution is -2.39. The largest absolute Gasteiger partial charge is 0.497 e. The molecule has 0 radical (unpaired) electrons. The molecule has 0 saturated carbocycles. The predicted molar refractivity (Wildman–Crippen MR) is 127 cm³/mol. The molecule has 1 aliphatic heterocycles. The maximum Gasteiger partial charge on any atom is 0.244 e. The van der Waals surface area contributed by atoms with Gasteiger partial charge in [-0.05, 0) is 60.2 Å². The molecule has 0 atom stereocenters. The van der Waals surface area contributed by atoms with Crippen molar-refractivity contribution >= 4 is 46.3 Å². The summed E-state index contributed by atoms with van der Waals surface area (Å²) in [6.45, 7) is -0.224. The van der Waals surface area contributed by atoms with Crippen LogP contribution in [0.15, 0.2) is 65.8 Å². The minimum Gasteiger partial charge on any atom is -0.497 e. The van der Waals surface area contributed by atoms with Crippen molar-refractivity contribution in [2.45, 2.75) is 6.42 Å². The molecule has 168 valence electrons. The van der Waals surface area contributed by atoms with Gasteiger partial charge in [-0.1, -0.05) is 11.6 Å². The summed E-state index contributed by atoms with van der Waals surface area (Å²) in [7, 11) is 3.10. The van der Waals surface area contributed by atoms with E-state index in [9.17, 15) is 9.59 Å². The molecule has 3 aromatic rings. The number of nitrogens with zero attached hydrogens (tertiary/aromatic N) is 3. The van der Waals surface area contributed by atoms with Gasteiger partial charge in [-0.3, -0.25) is 14.5 Å². The first-order chi connectivity index (χ1) is 16.0. The Bertz CT molecular complexity index is 1230. The van der Waals surface area contributed by atoms with Crippen molar-refractivity contribution in [3.05, 3.63) is 71.4 Å². The van der Waals surface area contributed by atoms with Gasteiger partial charge in [0, 0.05) is 11.9 Å². The van der Waals surface area contributed by atoms with Gasteiger partial charge in [0.05, 0.1) is 31.4 Å². The molecule has 9 heteroatoms. The summed E-state index contributed by atoms with van der Waals surface area (Å²) in [5.74, 6) is 0.852. The summed E-state index contributed by atoms with van der Waals surface area (Å²) >= 11 is 6.14. The van der Waals surface area contributed by atoms with Crippen LogP contribution in [0.5, 0.6) is 11.5 Å². The third kappa shape index (κ3) is 4.96. The number of anilines is 2. The highest BCUT2D eigenvalue weighted by Crippen LogP contribution is 2.31. The van der Waals surface area contributed by atoms with E-state index in [-0.39, 0.29) is 18.9 Å². The Kier molecular flexibility index (Phi) is 6.55. The molecular formula is C24H21ClN4O4. The summed E-state index contributed by atoms with van der Waals surface area (Å²) in [6.07, 6.45) is 1.58. The van der Waals surface area contributed by atoms with Crippen LogP contribution in [-0.4, -0.2) is 43.3 Å². The standard InChI is InChI=1S/C24H21ClN4O4/c1-32-17-8-5-15(6-9-17)20-13-23(31)29(24-19(28-20)4-3-11-26-24)14-22(30)27-16-7-10-21(33-2)18(25)12-16/h3-12H,13-14H2,1-2H3,(H,27,30). The van der Waals surface area contributed by atoms with Crippen molar-refractivity contribution < 1.29 is 19.1 Å². The zero-order chi connectivity index (χ0) is 23.4. The van der Waals surface area contributed by atoms with Crippen LogP contribution in [0.1, 0.15) is 12.0 Å². The number of carbonyl (C=O) groups is 2. The highest BCUT2D eigenvalue weighted by atomic mass is 35.5. The average Bonchev–Trinajstić information content (AvgIpc) is 2.96. The van der Waals surface area contributed by atoms with Gasteiger partial charge in [-0.2, -0.15) is 0 Å². The second-order valence-corrected chi connectivity index (χ2v) is 7.59. The maximum absolute atomic E-state index is 13.2. The zero-order valence-electron chi connectivity index (χ0n) is 18.0. The first kappa shape index (κ1) is 22.3. The molecule has 8 nitrogen and oxygen atoms in total. The SMILES string of the molecule is COc1ccc(C2=Nc3cccnc3N(CC(=O)Nc3ccc(OC)c(Cl)c3)C(=O)C2)cc1. The van der Waals surface area contributed by atoms with Crippen LogP contribution in [0.3, 0.4) is 0 Å². The first-order valence-corrected chi connectivity index (χ1v) is 10.5. The van der Waals surface area contributed by atoms with Crippen LogP contribution in [-0.2, 0) is 9.59 Å². The average molecular weight is 465 g/mol. The van der Waals surface area contributed by atoms with Crippen molar-refractivity contribution in [1.29, 1.82) is 0 Å². The molecule has 2 heterocycles. The fourth-order valence-electron chi connectivity index (χ4n) is 3.43. The number of halogens is 1. The van der Waals surface area contributed by atoms with Gasteiger partial charge in [0.2, 0.25) is 11.8 Å². The van der Waals surface area contributed by atoms with E-state index in [2.05, 4.69) is 15.3 Å². The molecule has 33 heavy (non-hydrogen) atoms. The van der Waals surface area contributed by atoms with Crippen LogP contribution in [0.2, 0.25) is 5.02 Å². The Hall–Kier alpha value is -3.91. The lowest BCUT2D eigenvalue weighted by atomic mass is 10.1. The van der Waals surface area contributed by atoms with E-state index in [0.29, 0.717) is 39.4 Å². The van der Waals surface area contributed by atoms with E-state index in [4.69, 9.17) is 21.1 Å². The van der Waals surface area contributed by atoms with Gasteiger partial charge in [0.25, 0.3) is 0 Å². The maximum atomic E-state index is 13.2. The monoisotopic (exact) mass is 464 g/mol. The van der Waals surface area contributed by atoms with E-state index in [1.807, 2.05) is 24.3 Å². The number of aromatic nitrogens is 1. The number of pyridine rings is 1. The predicted octanol–water partition coefficient (Wildman–Crippen LogP) is 4.25. The van der Waals surface area contributed by atoms with Crippen LogP contribution < -0.4 is 19.7 Å². The van der Waals surface area contributed by atoms with Crippen LogP contribution >= 0.6 is 11.6 Å². The number of rotatable bonds is 6. The molecule has 0 aliphatic carbocycles. The molecule has 2 amide bonds. The van der Waals surface area contributed by atoms with Gasteiger partial charge >= 0.3 is 0 Å². The molecule has 1 aliphatic rings. The number of carbonyl (C=O) groups excluding carboxylic acids is 2. The molecule has 0 spiro atoms. The summed E-state index contributed by atoms with van der Waals surface area (Å²) < 4.78 is 10.3. The van der Waals surface area contributed by atoms with Crippen LogP contribution in [0.4, 0.5) is 17.2 Å². The molecular weight excluding hydrogens is 444 g/mol. The highest BCUT2D eigenvalue weighted by Gasteiger charge is 2.27. The van der Waals surface area contributed by atoms with Gasteiger partial charge in [0.1, 0.15) is 23.7 Å². The topological polar surface area (TPSA) is 93.1 Å². The summed E-state index contributed by atoms with van der Waals surface area (Å²) in [6, 6.07) is 15.7. The van der Waals surface area contributed by atoms with E-state index >= 15 is 0 Å². The number of aliphatic imine (C=N–C) groups is 1. The third-order valence-corrected chi connectivity index (χ3v) is 5.35. The smallest absolute Gasteiger partial charge is 0.244 e. The molecule has 1 aromatic heterocycles. The Balaban J connectivity index is 1.57. The Morgan fingerprint density at radius 3 is 2.61 bits per heavy atom. The van der Waals surface area contributed by atoms with Crippen molar-refractivity contribution in [1.82, 2.24) is 4.98 Å². The Morgan fingerprint density at radius 1 is 1.12 bits per heavy atom. The van der Waals surface area contributed by atoms with Crippen LogP contribution in [0, 0.1) is 0 Å². The summed E-state index contributed by atoms with van der Waals surface area (Å²) in [5.41, 5.74) is 2.37. The van der Waals surface area contributed by atoms with Gasteiger partial charge in [-0.25, -0.2) is 9.98 Å². The van der Waals surface area contributed by atoms with Crippen molar-refractivity contribution in [3.8, 4) is 11.5 Å². The number of amides is 2. The van der Waals surface area contributed by atoms with Crippen molar-refractivity contribution in [2.24, 2.45) is 4.99 Å². The molecule has 0 bridgehead atoms. The lowest BCUT2D eigenvalue weighted by molar-refractivity contribution is -0.120. The lowest BCUT2D eigenvalue weighted by Gasteiger charge is -2.20. The number of benzene rings is 2. The summed E-state index contributed by atoms with van der Waals surface area (Å²) in [4.78, 5) is 36.3. The molecule has 0 fully saturated rings. The van der Waals surface area contributed by atoms with E-state index in [0.717, 1.165) is 5.56 Å². The minimum absolute atomic E-state index is 0.0182. The normalized spacial score (nSPS) is 13.0. The Morgan fingerprint density at radius 2 is 1.91 bits per heavy atom. The zero-order valence-corrected chi connectivity index (χ0v) is 18.8. The number of ether oxygens (including phenoxy) is 2. The Labute approximate surface area is 195 Å². The quantitative estimate of drug-likeness (QED) is 0.588. The fourth-order valence-corrected chi connectivity index (χ4v) is 3.68. The van der Waals surface area contributed by atoms with Crippen molar-refractivity contribution in [3.63, 3.8) is 0 Å². The number of methoxy groups -OCH3 is 2. The van der Waals surface area contributed by atoms with E-state index in [1.54, 1.807) is 43.6 Å². The van der Waals surface area contributed by atoms with E-state index < -0.39 is 5.91 Å².